The lowest BCUT2D eigenvalue weighted by molar-refractivity contribution is -0.388. The Morgan fingerprint density at radius 1 is 1.14 bits per heavy atom. The molecule has 0 spiro atoms. The fraction of sp³-hybridized carbons (Fsp3) is 0.0769. The molecule has 110 valence electrons. The van der Waals surface area contributed by atoms with Gasteiger partial charge in [-0.05, 0) is 40.2 Å². The third-order valence-corrected chi connectivity index (χ3v) is 3.19. The second kappa shape index (κ2) is 5.72. The minimum absolute atomic E-state index is 0.0541. The molecule has 0 saturated heterocycles. The van der Waals surface area contributed by atoms with Crippen LogP contribution in [0.5, 0.6) is 11.5 Å². The zero-order valence-corrected chi connectivity index (χ0v) is 11.8. The summed E-state index contributed by atoms with van der Waals surface area (Å²) in [6.45, 7) is 0. The number of hydrogen-bond acceptors (Lipinski definition) is 3. The summed E-state index contributed by atoms with van der Waals surface area (Å²) in [4.78, 5) is 9.69. The summed E-state index contributed by atoms with van der Waals surface area (Å²) in [5.74, 6) is 0.285. The summed E-state index contributed by atoms with van der Waals surface area (Å²) in [7, 11) is 0. The number of alkyl halides is 3. The van der Waals surface area contributed by atoms with Crippen molar-refractivity contribution in [2.45, 2.75) is 6.18 Å². The molecule has 21 heavy (non-hydrogen) atoms. The number of ether oxygens (including phenoxy) is 1. The van der Waals surface area contributed by atoms with E-state index in [0.29, 0.717) is 16.3 Å². The molecule has 0 aliphatic carbocycles. The van der Waals surface area contributed by atoms with Gasteiger partial charge in [0.15, 0.2) is 0 Å². The van der Waals surface area contributed by atoms with Crippen LogP contribution in [-0.4, -0.2) is 4.92 Å². The maximum absolute atomic E-state index is 12.7. The van der Waals surface area contributed by atoms with Crippen LogP contribution in [0.3, 0.4) is 0 Å². The highest BCUT2D eigenvalue weighted by Gasteiger charge is 2.38. The molecule has 0 aliphatic heterocycles. The summed E-state index contributed by atoms with van der Waals surface area (Å²) in [6, 6.07) is 9.06. The van der Waals surface area contributed by atoms with Crippen molar-refractivity contribution < 1.29 is 22.8 Å². The Balaban J connectivity index is 2.42. The van der Waals surface area contributed by atoms with E-state index in [9.17, 15) is 23.3 Å². The number of nitrogens with zero attached hydrogens (tertiary/aromatic N) is 1. The quantitative estimate of drug-likeness (QED) is 0.559. The van der Waals surface area contributed by atoms with Crippen molar-refractivity contribution in [1.29, 1.82) is 0 Å². The largest absolute Gasteiger partial charge is 0.456 e. The maximum Gasteiger partial charge on any atom is 0.423 e. The van der Waals surface area contributed by atoms with Gasteiger partial charge in [0.05, 0.1) is 15.5 Å². The molecule has 4 nitrogen and oxygen atoms in total. The second-order valence-corrected chi connectivity index (χ2v) is 4.82. The molecule has 0 atom stereocenters. The maximum atomic E-state index is 12.7. The van der Waals surface area contributed by atoms with E-state index < -0.39 is 22.4 Å². The summed E-state index contributed by atoms with van der Waals surface area (Å²) < 4.78 is 44.0. The van der Waals surface area contributed by atoms with Crippen molar-refractivity contribution in [3.05, 3.63) is 62.6 Å². The monoisotopic (exact) mass is 361 g/mol. The minimum atomic E-state index is -4.80. The number of benzene rings is 2. The van der Waals surface area contributed by atoms with Crippen molar-refractivity contribution >= 4 is 21.6 Å². The Hall–Kier alpha value is -2.09. The van der Waals surface area contributed by atoms with Gasteiger partial charge in [-0.15, -0.1) is 0 Å². The molecule has 0 heterocycles. The highest BCUT2D eigenvalue weighted by Crippen LogP contribution is 2.39. The van der Waals surface area contributed by atoms with Crippen molar-refractivity contribution in [2.24, 2.45) is 0 Å². The highest BCUT2D eigenvalue weighted by atomic mass is 79.9. The highest BCUT2D eigenvalue weighted by molar-refractivity contribution is 9.10. The predicted molar refractivity (Wildman–Crippen MR) is 72.3 cm³/mol. The first-order chi connectivity index (χ1) is 9.79. The molecule has 2 rings (SSSR count). The second-order valence-electron chi connectivity index (χ2n) is 3.97. The SMILES string of the molecule is O=[N+]([O-])c1cc(Oc2ccccc2Br)ccc1C(F)(F)F. The number of halogens is 4. The number of nitro benzene ring substituents is 1. The van der Waals surface area contributed by atoms with Crippen LogP contribution in [0.4, 0.5) is 18.9 Å². The first-order valence-electron chi connectivity index (χ1n) is 5.57. The van der Waals surface area contributed by atoms with Crippen LogP contribution in [0.25, 0.3) is 0 Å². The molecule has 0 N–H and O–H groups in total. The van der Waals surface area contributed by atoms with E-state index in [2.05, 4.69) is 15.9 Å². The van der Waals surface area contributed by atoms with Crippen LogP contribution in [-0.2, 0) is 6.18 Å². The molecule has 0 aliphatic rings. The molecular formula is C13H7BrF3NO3. The third kappa shape index (κ3) is 3.52. The number of rotatable bonds is 3. The molecule has 8 heteroatoms. The molecule has 2 aromatic rings. The standard InChI is InChI=1S/C13H7BrF3NO3/c14-10-3-1-2-4-12(10)21-8-5-6-9(13(15,16)17)11(7-8)18(19)20/h1-7H. The van der Waals surface area contributed by atoms with E-state index in [4.69, 9.17) is 4.74 Å². The van der Waals surface area contributed by atoms with E-state index in [1.165, 1.54) is 0 Å². The van der Waals surface area contributed by atoms with Crippen molar-refractivity contribution in [2.75, 3.05) is 0 Å². The summed E-state index contributed by atoms with van der Waals surface area (Å²) in [6.07, 6.45) is -4.80. The summed E-state index contributed by atoms with van der Waals surface area (Å²) >= 11 is 3.21. The topological polar surface area (TPSA) is 52.4 Å². The number of nitro groups is 1. The van der Waals surface area contributed by atoms with Gasteiger partial charge in [0.25, 0.3) is 5.69 Å². The Kier molecular flexibility index (Phi) is 4.17. The zero-order valence-electron chi connectivity index (χ0n) is 10.2. The lowest BCUT2D eigenvalue weighted by atomic mass is 10.1. The Morgan fingerprint density at radius 3 is 2.38 bits per heavy atom. The molecule has 0 radical (unpaired) electrons. The fourth-order valence-electron chi connectivity index (χ4n) is 1.62. The van der Waals surface area contributed by atoms with Gasteiger partial charge in [-0.2, -0.15) is 13.2 Å². The van der Waals surface area contributed by atoms with Crippen LogP contribution >= 0.6 is 15.9 Å². The van der Waals surface area contributed by atoms with Crippen LogP contribution < -0.4 is 4.74 Å². The average molecular weight is 362 g/mol. The molecular weight excluding hydrogens is 355 g/mol. The van der Waals surface area contributed by atoms with Gasteiger partial charge >= 0.3 is 6.18 Å². The van der Waals surface area contributed by atoms with Crippen molar-refractivity contribution in [3.63, 3.8) is 0 Å². The zero-order chi connectivity index (χ0) is 15.6. The fourth-order valence-corrected chi connectivity index (χ4v) is 1.99. The van der Waals surface area contributed by atoms with E-state index in [1.54, 1.807) is 24.3 Å². The van der Waals surface area contributed by atoms with E-state index in [1.807, 2.05) is 0 Å². The van der Waals surface area contributed by atoms with E-state index >= 15 is 0 Å². The van der Waals surface area contributed by atoms with Crippen LogP contribution in [0.1, 0.15) is 5.56 Å². The van der Waals surface area contributed by atoms with Gasteiger partial charge in [-0.1, -0.05) is 12.1 Å². The van der Waals surface area contributed by atoms with Crippen molar-refractivity contribution in [1.82, 2.24) is 0 Å². The lowest BCUT2D eigenvalue weighted by Gasteiger charge is -2.10. The van der Waals surface area contributed by atoms with E-state index in [0.717, 1.165) is 12.1 Å². The summed E-state index contributed by atoms with van der Waals surface area (Å²) in [5.41, 5.74) is -2.36. The van der Waals surface area contributed by atoms with Gasteiger partial charge in [-0.3, -0.25) is 10.1 Å². The Labute approximate surface area is 125 Å². The van der Waals surface area contributed by atoms with Crippen LogP contribution in [0, 0.1) is 10.1 Å². The predicted octanol–water partition coefficient (Wildman–Crippen LogP) is 5.17. The Morgan fingerprint density at radius 2 is 1.81 bits per heavy atom. The van der Waals surface area contributed by atoms with Gasteiger partial charge < -0.3 is 4.74 Å². The van der Waals surface area contributed by atoms with Crippen LogP contribution in [0.2, 0.25) is 0 Å². The minimum Gasteiger partial charge on any atom is -0.456 e. The smallest absolute Gasteiger partial charge is 0.423 e. The average Bonchev–Trinajstić information content (AvgIpc) is 2.40. The molecule has 0 aromatic heterocycles. The van der Waals surface area contributed by atoms with E-state index in [-0.39, 0.29) is 5.75 Å². The van der Waals surface area contributed by atoms with Gasteiger partial charge in [0.1, 0.15) is 17.1 Å². The third-order valence-electron chi connectivity index (χ3n) is 2.54. The lowest BCUT2D eigenvalue weighted by Crippen LogP contribution is -2.08. The normalized spacial score (nSPS) is 11.2. The van der Waals surface area contributed by atoms with Crippen molar-refractivity contribution in [3.8, 4) is 11.5 Å². The molecule has 0 saturated carbocycles. The summed E-state index contributed by atoms with van der Waals surface area (Å²) in [5, 5.41) is 10.8. The Bertz CT molecular complexity index is 689. The van der Waals surface area contributed by atoms with Gasteiger partial charge in [0.2, 0.25) is 0 Å². The molecule has 0 amide bonds. The molecule has 0 fully saturated rings. The van der Waals surface area contributed by atoms with Gasteiger partial charge in [-0.25, -0.2) is 0 Å². The molecule has 0 unspecified atom stereocenters. The first kappa shape index (κ1) is 15.3. The first-order valence-corrected chi connectivity index (χ1v) is 6.36. The van der Waals surface area contributed by atoms with Gasteiger partial charge in [0, 0.05) is 0 Å². The number of hydrogen-bond donors (Lipinski definition) is 0. The molecule has 0 bridgehead atoms. The number of para-hydroxylation sites is 1. The van der Waals surface area contributed by atoms with Crippen LogP contribution in [0.15, 0.2) is 46.9 Å². The molecule has 2 aromatic carbocycles.